The topological polar surface area (TPSA) is 52.2 Å². The van der Waals surface area contributed by atoms with E-state index in [-0.39, 0.29) is 0 Å². The molecular weight excluding hydrogens is 264 g/mol. The molecule has 5 heteroatoms. The summed E-state index contributed by atoms with van der Waals surface area (Å²) in [5.41, 5.74) is 2.41. The molecule has 1 amide bonds. The second-order valence-electron chi connectivity index (χ2n) is 6.75. The fourth-order valence-corrected chi connectivity index (χ4v) is 3.50. The highest BCUT2D eigenvalue weighted by Crippen LogP contribution is 2.28. The standard InChI is InChI=1S/C16H26N4O/c1-12-3-6-19(7-4-12)11-15(21)20-8-5-14(10-20)16-13(2)9-17-18-16/h9,12,14H,3-8,10-11H2,1-2H3,(H,17,18). The van der Waals surface area contributed by atoms with Gasteiger partial charge in [0.2, 0.25) is 5.91 Å². The first-order valence-corrected chi connectivity index (χ1v) is 8.13. The van der Waals surface area contributed by atoms with Crippen LogP contribution in [0, 0.1) is 12.8 Å². The van der Waals surface area contributed by atoms with Crippen LogP contribution in [0.5, 0.6) is 0 Å². The molecule has 0 bridgehead atoms. The van der Waals surface area contributed by atoms with Crippen LogP contribution in [-0.2, 0) is 4.79 Å². The Balaban J connectivity index is 1.51. The maximum Gasteiger partial charge on any atom is 0.236 e. The lowest BCUT2D eigenvalue weighted by Gasteiger charge is -2.30. The first kappa shape index (κ1) is 14.6. The highest BCUT2D eigenvalue weighted by molar-refractivity contribution is 5.78. The van der Waals surface area contributed by atoms with E-state index in [2.05, 4.69) is 28.9 Å². The van der Waals surface area contributed by atoms with Crippen molar-refractivity contribution in [3.63, 3.8) is 0 Å². The highest BCUT2D eigenvalue weighted by Gasteiger charge is 2.30. The number of aromatic amines is 1. The van der Waals surface area contributed by atoms with E-state index in [4.69, 9.17) is 0 Å². The molecule has 0 spiro atoms. The number of rotatable bonds is 3. The van der Waals surface area contributed by atoms with Crippen LogP contribution >= 0.6 is 0 Å². The molecule has 116 valence electrons. The number of aryl methyl sites for hydroxylation is 1. The summed E-state index contributed by atoms with van der Waals surface area (Å²) in [5.74, 6) is 1.54. The molecule has 0 aromatic carbocycles. The van der Waals surface area contributed by atoms with E-state index in [1.807, 2.05) is 11.1 Å². The number of piperidine rings is 1. The maximum atomic E-state index is 12.5. The third kappa shape index (κ3) is 3.28. The quantitative estimate of drug-likeness (QED) is 0.923. The fourth-order valence-electron chi connectivity index (χ4n) is 3.50. The fraction of sp³-hybridized carbons (Fsp3) is 0.750. The molecule has 2 aliphatic heterocycles. The van der Waals surface area contributed by atoms with Crippen LogP contribution in [0.3, 0.4) is 0 Å². The molecule has 3 rings (SSSR count). The van der Waals surface area contributed by atoms with Crippen LogP contribution < -0.4 is 0 Å². The van der Waals surface area contributed by atoms with E-state index in [9.17, 15) is 4.79 Å². The number of H-pyrrole nitrogens is 1. The molecule has 0 radical (unpaired) electrons. The van der Waals surface area contributed by atoms with Crippen molar-refractivity contribution < 1.29 is 4.79 Å². The molecule has 1 atom stereocenters. The Labute approximate surface area is 126 Å². The van der Waals surface area contributed by atoms with Crippen LogP contribution in [0.1, 0.15) is 43.4 Å². The molecule has 1 N–H and O–H groups in total. The van der Waals surface area contributed by atoms with Crippen LogP contribution in [-0.4, -0.2) is 58.6 Å². The summed E-state index contributed by atoms with van der Waals surface area (Å²) < 4.78 is 0. The summed E-state index contributed by atoms with van der Waals surface area (Å²) in [7, 11) is 0. The van der Waals surface area contributed by atoms with E-state index in [1.54, 1.807) is 0 Å². The first-order valence-electron chi connectivity index (χ1n) is 8.13. The second-order valence-corrected chi connectivity index (χ2v) is 6.75. The molecule has 0 saturated carbocycles. The maximum absolute atomic E-state index is 12.5. The average molecular weight is 290 g/mol. The molecule has 5 nitrogen and oxygen atoms in total. The van der Waals surface area contributed by atoms with Gasteiger partial charge in [-0.1, -0.05) is 6.92 Å². The predicted molar refractivity (Wildman–Crippen MR) is 82.1 cm³/mol. The van der Waals surface area contributed by atoms with Gasteiger partial charge in [0.15, 0.2) is 0 Å². The largest absolute Gasteiger partial charge is 0.341 e. The molecule has 3 heterocycles. The molecule has 2 saturated heterocycles. The molecule has 2 aliphatic rings. The van der Waals surface area contributed by atoms with Crippen molar-refractivity contribution in [1.29, 1.82) is 0 Å². The van der Waals surface area contributed by atoms with Gasteiger partial charge in [0.25, 0.3) is 0 Å². The highest BCUT2D eigenvalue weighted by atomic mass is 16.2. The number of hydrogen-bond acceptors (Lipinski definition) is 3. The Morgan fingerprint density at radius 1 is 1.33 bits per heavy atom. The molecule has 0 aliphatic carbocycles. The van der Waals surface area contributed by atoms with E-state index in [1.165, 1.54) is 24.1 Å². The van der Waals surface area contributed by atoms with Gasteiger partial charge < -0.3 is 4.90 Å². The smallest absolute Gasteiger partial charge is 0.236 e. The summed E-state index contributed by atoms with van der Waals surface area (Å²) in [6.45, 7) is 8.85. The minimum Gasteiger partial charge on any atom is -0.341 e. The Morgan fingerprint density at radius 3 is 2.76 bits per heavy atom. The Hall–Kier alpha value is -1.36. The van der Waals surface area contributed by atoms with E-state index in [0.717, 1.165) is 38.5 Å². The second kappa shape index (κ2) is 6.18. The first-order chi connectivity index (χ1) is 10.1. The number of carbonyl (C=O) groups is 1. The van der Waals surface area contributed by atoms with Gasteiger partial charge in [-0.25, -0.2) is 0 Å². The average Bonchev–Trinajstić information content (AvgIpc) is 3.09. The van der Waals surface area contributed by atoms with E-state index in [0.29, 0.717) is 18.4 Å². The third-order valence-corrected chi connectivity index (χ3v) is 5.05. The predicted octanol–water partition coefficient (Wildman–Crippen LogP) is 1.77. The summed E-state index contributed by atoms with van der Waals surface area (Å²) in [6.07, 6.45) is 5.37. The number of nitrogens with zero attached hydrogens (tertiary/aromatic N) is 3. The van der Waals surface area contributed by atoms with Gasteiger partial charge in [-0.05, 0) is 50.8 Å². The van der Waals surface area contributed by atoms with Gasteiger partial charge in [-0.3, -0.25) is 14.8 Å². The summed E-state index contributed by atoms with van der Waals surface area (Å²) >= 11 is 0. The summed E-state index contributed by atoms with van der Waals surface area (Å²) in [6, 6.07) is 0. The van der Waals surface area contributed by atoms with Crippen molar-refractivity contribution in [2.45, 2.75) is 39.0 Å². The monoisotopic (exact) mass is 290 g/mol. The number of hydrogen-bond donors (Lipinski definition) is 1. The number of nitrogens with one attached hydrogen (secondary N) is 1. The molecular formula is C16H26N4O. The van der Waals surface area contributed by atoms with Gasteiger partial charge in [0, 0.05) is 24.7 Å². The minimum absolute atomic E-state index is 0.296. The van der Waals surface area contributed by atoms with Crippen molar-refractivity contribution in [1.82, 2.24) is 20.0 Å². The van der Waals surface area contributed by atoms with Crippen molar-refractivity contribution in [3.05, 3.63) is 17.5 Å². The zero-order valence-electron chi connectivity index (χ0n) is 13.1. The Morgan fingerprint density at radius 2 is 2.10 bits per heavy atom. The van der Waals surface area contributed by atoms with Crippen LogP contribution in [0.15, 0.2) is 6.20 Å². The molecule has 1 aromatic heterocycles. The number of amides is 1. The molecule has 2 fully saturated rings. The SMILES string of the molecule is Cc1cn[nH]c1C1CCN(C(=O)CN2CCC(C)CC2)C1. The minimum atomic E-state index is 0.296. The lowest BCUT2D eigenvalue weighted by atomic mass is 9.99. The number of likely N-dealkylation sites (tertiary alicyclic amines) is 2. The van der Waals surface area contributed by atoms with E-state index >= 15 is 0 Å². The molecule has 21 heavy (non-hydrogen) atoms. The zero-order valence-corrected chi connectivity index (χ0v) is 13.1. The number of carbonyl (C=O) groups excluding carboxylic acids is 1. The lowest BCUT2D eigenvalue weighted by molar-refractivity contribution is -0.131. The van der Waals surface area contributed by atoms with Crippen LogP contribution in [0.2, 0.25) is 0 Å². The normalized spacial score (nSPS) is 24.7. The van der Waals surface area contributed by atoms with E-state index < -0.39 is 0 Å². The van der Waals surface area contributed by atoms with Gasteiger partial charge in [0.05, 0.1) is 12.7 Å². The van der Waals surface area contributed by atoms with Crippen molar-refractivity contribution in [3.8, 4) is 0 Å². The van der Waals surface area contributed by atoms with Gasteiger partial charge >= 0.3 is 0 Å². The van der Waals surface area contributed by atoms with Crippen LogP contribution in [0.25, 0.3) is 0 Å². The van der Waals surface area contributed by atoms with Crippen LogP contribution in [0.4, 0.5) is 0 Å². The molecule has 1 aromatic rings. The van der Waals surface area contributed by atoms with Gasteiger partial charge in [0.1, 0.15) is 0 Å². The zero-order chi connectivity index (χ0) is 14.8. The Bertz CT molecular complexity index is 490. The summed E-state index contributed by atoms with van der Waals surface area (Å²) in [4.78, 5) is 16.8. The Kier molecular flexibility index (Phi) is 4.29. The number of aromatic nitrogens is 2. The molecule has 1 unspecified atom stereocenters. The third-order valence-electron chi connectivity index (χ3n) is 5.05. The van der Waals surface area contributed by atoms with Crippen molar-refractivity contribution in [2.24, 2.45) is 5.92 Å². The van der Waals surface area contributed by atoms with Crippen molar-refractivity contribution >= 4 is 5.91 Å². The van der Waals surface area contributed by atoms with Crippen molar-refractivity contribution in [2.75, 3.05) is 32.7 Å². The summed E-state index contributed by atoms with van der Waals surface area (Å²) in [5, 5.41) is 7.19. The lowest BCUT2D eigenvalue weighted by Crippen LogP contribution is -2.42. The van der Waals surface area contributed by atoms with Gasteiger partial charge in [-0.2, -0.15) is 5.10 Å². The van der Waals surface area contributed by atoms with Gasteiger partial charge in [-0.15, -0.1) is 0 Å².